The fraction of sp³-hybridized carbons (Fsp3) is 0.536. The number of pyridine rings is 1. The highest BCUT2D eigenvalue weighted by Crippen LogP contribution is 2.59. The Balaban J connectivity index is 1.24. The summed E-state index contributed by atoms with van der Waals surface area (Å²) in [5.74, 6) is 2.19. The number of carbonyl (C=O) groups excluding carboxylic acids is 1. The molecule has 1 aliphatic heterocycles. The summed E-state index contributed by atoms with van der Waals surface area (Å²) in [5, 5.41) is 13.3. The summed E-state index contributed by atoms with van der Waals surface area (Å²) in [6.07, 6.45) is 11.0. The van der Waals surface area contributed by atoms with E-state index >= 15 is 0 Å². The third kappa shape index (κ3) is 4.20. The van der Waals surface area contributed by atoms with Crippen molar-refractivity contribution in [2.75, 3.05) is 18.0 Å². The number of nitrogens with zero attached hydrogens (tertiary/aromatic N) is 2. The summed E-state index contributed by atoms with van der Waals surface area (Å²) in [7, 11) is 0. The van der Waals surface area contributed by atoms with Gasteiger partial charge in [0, 0.05) is 24.8 Å². The van der Waals surface area contributed by atoms with Gasteiger partial charge in [0.15, 0.2) is 0 Å². The van der Waals surface area contributed by atoms with E-state index in [2.05, 4.69) is 10.3 Å². The minimum atomic E-state index is -0.833. The summed E-state index contributed by atoms with van der Waals surface area (Å²) in [5.41, 5.74) is 2.34. The van der Waals surface area contributed by atoms with Crippen molar-refractivity contribution >= 4 is 29.3 Å². The van der Waals surface area contributed by atoms with E-state index in [1.807, 2.05) is 29.2 Å². The number of halogens is 1. The molecule has 1 atom stereocenters. The van der Waals surface area contributed by atoms with Gasteiger partial charge in [-0.25, -0.2) is 9.78 Å². The lowest BCUT2D eigenvalue weighted by atomic mass is 9.49. The number of benzene rings is 1. The van der Waals surface area contributed by atoms with Gasteiger partial charge < -0.3 is 15.3 Å². The van der Waals surface area contributed by atoms with E-state index in [1.165, 1.54) is 38.5 Å². The van der Waals surface area contributed by atoms with E-state index in [-0.39, 0.29) is 11.3 Å². The molecule has 1 aromatic carbocycles. The topological polar surface area (TPSA) is 82.5 Å². The number of aliphatic carboxylic acids is 1. The van der Waals surface area contributed by atoms with Crippen LogP contribution in [0.5, 0.6) is 0 Å². The molecule has 5 fully saturated rings. The molecule has 4 saturated carbocycles. The molecule has 2 heterocycles. The van der Waals surface area contributed by atoms with Gasteiger partial charge in [-0.1, -0.05) is 17.7 Å². The van der Waals surface area contributed by atoms with Gasteiger partial charge in [0.2, 0.25) is 0 Å². The summed E-state index contributed by atoms with van der Waals surface area (Å²) in [6, 6.07) is 8.64. The smallest absolute Gasteiger partial charge is 0.326 e. The van der Waals surface area contributed by atoms with Crippen LogP contribution in [0.1, 0.15) is 61.7 Å². The first kappa shape index (κ1) is 22.8. The zero-order valence-corrected chi connectivity index (χ0v) is 20.6. The number of hydrogen-bond acceptors (Lipinski definition) is 4. The predicted octanol–water partition coefficient (Wildman–Crippen LogP) is 5.40. The number of anilines is 1. The number of carboxylic acids is 1. The average Bonchev–Trinajstić information content (AvgIpc) is 3.32. The van der Waals surface area contributed by atoms with E-state index in [1.54, 1.807) is 12.3 Å². The van der Waals surface area contributed by atoms with Crippen LogP contribution in [0.15, 0.2) is 36.5 Å². The van der Waals surface area contributed by atoms with Crippen LogP contribution >= 0.6 is 11.6 Å². The molecule has 2 N–H and O–H groups in total. The molecule has 1 saturated heterocycles. The number of hydrogen-bond donors (Lipinski definition) is 2. The first-order valence-electron chi connectivity index (χ1n) is 12.9. The van der Waals surface area contributed by atoms with Crippen molar-refractivity contribution < 1.29 is 14.7 Å². The average molecular weight is 494 g/mol. The molecule has 184 valence electrons. The summed E-state index contributed by atoms with van der Waals surface area (Å²) in [4.78, 5) is 31.5. The SMILES string of the molecule is O=C(NCC12CC3CC(CC(C3)C1)C2)c1cc(-c2cccnc2N2CCC[C@H]2C(=O)O)ccc1Cl. The van der Waals surface area contributed by atoms with Crippen LogP contribution in [0.3, 0.4) is 0 Å². The Morgan fingerprint density at radius 1 is 1.11 bits per heavy atom. The molecule has 7 heteroatoms. The van der Waals surface area contributed by atoms with Gasteiger partial charge in [-0.15, -0.1) is 0 Å². The molecule has 35 heavy (non-hydrogen) atoms. The van der Waals surface area contributed by atoms with E-state index in [4.69, 9.17) is 11.6 Å². The molecule has 2 aromatic rings. The Morgan fingerprint density at radius 2 is 1.83 bits per heavy atom. The van der Waals surface area contributed by atoms with E-state index in [9.17, 15) is 14.7 Å². The van der Waals surface area contributed by atoms with Crippen LogP contribution in [0.25, 0.3) is 11.1 Å². The number of nitrogens with one attached hydrogen (secondary N) is 1. The van der Waals surface area contributed by atoms with Crippen LogP contribution in [-0.2, 0) is 4.79 Å². The highest BCUT2D eigenvalue weighted by atomic mass is 35.5. The summed E-state index contributed by atoms with van der Waals surface area (Å²) >= 11 is 6.50. The van der Waals surface area contributed by atoms with Gasteiger partial charge in [-0.2, -0.15) is 0 Å². The zero-order valence-electron chi connectivity index (χ0n) is 19.9. The standard InChI is InChI=1S/C28H32ClN3O3/c29-23-6-5-20(21-3-1-7-30-25(21)32-8-2-4-24(32)27(34)35)12-22(23)26(33)31-16-28-13-17-9-18(14-28)11-19(10-17)15-28/h1,3,5-7,12,17-19,24H,2,4,8-11,13-16H2,(H,31,33)(H,34,35)/t17?,18?,19?,24-,28?/m0/s1. The second-order valence-corrected chi connectivity index (χ2v) is 11.8. The third-order valence-electron chi connectivity index (χ3n) is 8.91. The first-order chi connectivity index (χ1) is 16.9. The van der Waals surface area contributed by atoms with Crippen molar-refractivity contribution in [3.05, 3.63) is 47.1 Å². The molecular weight excluding hydrogens is 462 g/mol. The Kier molecular flexibility index (Phi) is 5.75. The normalized spacial score (nSPS) is 31.1. The van der Waals surface area contributed by atoms with Gasteiger partial charge in [0.1, 0.15) is 11.9 Å². The summed E-state index contributed by atoms with van der Waals surface area (Å²) in [6.45, 7) is 1.37. The molecule has 1 aromatic heterocycles. The second-order valence-electron chi connectivity index (χ2n) is 11.4. The lowest BCUT2D eigenvalue weighted by molar-refractivity contribution is -0.138. The van der Waals surface area contributed by atoms with Crippen LogP contribution in [0.2, 0.25) is 5.02 Å². The van der Waals surface area contributed by atoms with Crippen molar-refractivity contribution in [2.45, 2.75) is 57.4 Å². The summed E-state index contributed by atoms with van der Waals surface area (Å²) < 4.78 is 0. The van der Waals surface area contributed by atoms with Crippen LogP contribution < -0.4 is 10.2 Å². The maximum Gasteiger partial charge on any atom is 0.326 e. The molecule has 5 aliphatic rings. The molecule has 0 radical (unpaired) electrons. The Labute approximate surface area is 211 Å². The molecule has 6 nitrogen and oxygen atoms in total. The second kappa shape index (κ2) is 8.81. The number of rotatable bonds is 6. The Morgan fingerprint density at radius 3 is 2.51 bits per heavy atom. The predicted molar refractivity (Wildman–Crippen MR) is 136 cm³/mol. The molecular formula is C28H32ClN3O3. The molecule has 0 spiro atoms. The zero-order chi connectivity index (χ0) is 24.2. The van der Waals surface area contributed by atoms with Gasteiger partial charge in [0.25, 0.3) is 5.91 Å². The van der Waals surface area contributed by atoms with Crippen molar-refractivity contribution in [1.82, 2.24) is 10.3 Å². The largest absolute Gasteiger partial charge is 0.480 e. The van der Waals surface area contributed by atoms with Crippen LogP contribution in [-0.4, -0.2) is 41.1 Å². The van der Waals surface area contributed by atoms with Crippen molar-refractivity contribution in [3.63, 3.8) is 0 Å². The highest BCUT2D eigenvalue weighted by molar-refractivity contribution is 6.34. The number of carboxylic acid groups (broad SMARTS) is 1. The Bertz CT molecular complexity index is 1130. The van der Waals surface area contributed by atoms with Crippen LogP contribution in [0.4, 0.5) is 5.82 Å². The van der Waals surface area contributed by atoms with Crippen molar-refractivity contribution in [2.24, 2.45) is 23.2 Å². The molecule has 1 amide bonds. The number of amides is 1. The minimum absolute atomic E-state index is 0.136. The third-order valence-corrected chi connectivity index (χ3v) is 9.24. The van der Waals surface area contributed by atoms with Gasteiger partial charge in [-0.3, -0.25) is 4.79 Å². The van der Waals surface area contributed by atoms with Crippen LogP contribution in [0, 0.1) is 23.2 Å². The maximum absolute atomic E-state index is 13.3. The minimum Gasteiger partial charge on any atom is -0.480 e. The molecule has 7 rings (SSSR count). The van der Waals surface area contributed by atoms with Gasteiger partial charge >= 0.3 is 5.97 Å². The van der Waals surface area contributed by atoms with Gasteiger partial charge in [0.05, 0.1) is 10.6 Å². The number of carbonyl (C=O) groups is 2. The highest BCUT2D eigenvalue weighted by Gasteiger charge is 2.50. The molecule has 4 aliphatic carbocycles. The van der Waals surface area contributed by atoms with E-state index in [0.717, 1.165) is 41.8 Å². The lowest BCUT2D eigenvalue weighted by Crippen LogP contribution is -2.51. The number of aromatic nitrogens is 1. The van der Waals surface area contributed by atoms with Crippen molar-refractivity contribution in [1.29, 1.82) is 0 Å². The maximum atomic E-state index is 13.3. The van der Waals surface area contributed by atoms with Gasteiger partial charge in [-0.05, 0) is 104 Å². The fourth-order valence-electron chi connectivity index (χ4n) is 7.86. The van der Waals surface area contributed by atoms with E-state index in [0.29, 0.717) is 29.4 Å². The first-order valence-corrected chi connectivity index (χ1v) is 13.3. The monoisotopic (exact) mass is 493 g/mol. The fourth-order valence-corrected chi connectivity index (χ4v) is 8.07. The quantitative estimate of drug-likeness (QED) is 0.562. The molecule has 0 unspecified atom stereocenters. The van der Waals surface area contributed by atoms with Crippen molar-refractivity contribution in [3.8, 4) is 11.1 Å². The Hall–Kier alpha value is -2.60. The molecule has 4 bridgehead atoms. The van der Waals surface area contributed by atoms with E-state index < -0.39 is 12.0 Å². The lowest BCUT2D eigenvalue weighted by Gasteiger charge is -2.56.